The molecular formula is C7H11NO3S. The summed E-state index contributed by atoms with van der Waals surface area (Å²) in [5.74, 6) is -0.593. The molecule has 1 N–H and O–H groups in total. The van der Waals surface area contributed by atoms with E-state index in [-0.39, 0.29) is 17.4 Å². The summed E-state index contributed by atoms with van der Waals surface area (Å²) in [7, 11) is 0. The number of carbonyl (C=O) groups is 2. The molecular weight excluding hydrogens is 178 g/mol. The molecule has 0 saturated carbocycles. The molecule has 0 aromatic heterocycles. The first-order valence-electron chi connectivity index (χ1n) is 3.83. The number of hydroxylamine groups is 2. The Morgan fingerprint density at radius 3 is 2.67 bits per heavy atom. The van der Waals surface area contributed by atoms with E-state index in [4.69, 9.17) is 5.21 Å². The third-order valence-corrected chi connectivity index (χ3v) is 2.24. The highest BCUT2D eigenvalue weighted by atomic mass is 32.1. The number of amides is 2. The van der Waals surface area contributed by atoms with Gasteiger partial charge in [0, 0.05) is 12.3 Å². The van der Waals surface area contributed by atoms with E-state index < -0.39 is 11.8 Å². The van der Waals surface area contributed by atoms with Crippen molar-refractivity contribution in [3.63, 3.8) is 0 Å². The number of rotatable bonds is 3. The summed E-state index contributed by atoms with van der Waals surface area (Å²) < 4.78 is 0. The highest BCUT2D eigenvalue weighted by molar-refractivity contribution is 7.80. The Bertz CT molecular complexity index is 207. The van der Waals surface area contributed by atoms with E-state index in [1.165, 1.54) is 0 Å². The highest BCUT2D eigenvalue weighted by Gasteiger charge is 2.37. The molecule has 0 aromatic rings. The molecule has 1 rings (SSSR count). The monoisotopic (exact) mass is 189 g/mol. The molecule has 1 atom stereocenters. The zero-order chi connectivity index (χ0) is 9.14. The zero-order valence-corrected chi connectivity index (χ0v) is 7.46. The fourth-order valence-electron chi connectivity index (χ4n) is 1.24. The molecule has 1 unspecified atom stereocenters. The Kier molecular flexibility index (Phi) is 3.11. The van der Waals surface area contributed by atoms with Gasteiger partial charge in [-0.3, -0.25) is 14.8 Å². The van der Waals surface area contributed by atoms with Crippen molar-refractivity contribution < 1.29 is 14.8 Å². The van der Waals surface area contributed by atoms with E-state index in [9.17, 15) is 9.59 Å². The topological polar surface area (TPSA) is 57.6 Å². The zero-order valence-electron chi connectivity index (χ0n) is 6.56. The van der Waals surface area contributed by atoms with Crippen molar-refractivity contribution in [3.05, 3.63) is 0 Å². The number of imide groups is 1. The fraction of sp³-hybridized carbons (Fsp3) is 0.714. The van der Waals surface area contributed by atoms with Crippen molar-refractivity contribution in [1.29, 1.82) is 0 Å². The third-order valence-electron chi connectivity index (χ3n) is 1.93. The SMILES string of the molecule is O=C1CC(CCCS)C(=O)N1O. The first kappa shape index (κ1) is 9.54. The molecule has 0 radical (unpaired) electrons. The van der Waals surface area contributed by atoms with Crippen molar-refractivity contribution in [2.75, 3.05) is 5.75 Å². The minimum Gasteiger partial charge on any atom is -0.279 e. The molecule has 0 spiro atoms. The van der Waals surface area contributed by atoms with Gasteiger partial charge in [-0.2, -0.15) is 17.7 Å². The lowest BCUT2D eigenvalue weighted by molar-refractivity contribution is -0.172. The van der Waals surface area contributed by atoms with Gasteiger partial charge in [0.15, 0.2) is 0 Å². The average molecular weight is 189 g/mol. The minimum atomic E-state index is -0.496. The van der Waals surface area contributed by atoms with Crippen LogP contribution in [0.2, 0.25) is 0 Å². The summed E-state index contributed by atoms with van der Waals surface area (Å²) >= 11 is 4.00. The van der Waals surface area contributed by atoms with Crippen LogP contribution in [0.1, 0.15) is 19.3 Å². The maximum Gasteiger partial charge on any atom is 0.256 e. The van der Waals surface area contributed by atoms with Gasteiger partial charge in [0.2, 0.25) is 0 Å². The quantitative estimate of drug-likeness (QED) is 0.385. The Labute approximate surface area is 75.9 Å². The molecule has 2 amide bonds. The highest BCUT2D eigenvalue weighted by Crippen LogP contribution is 2.22. The molecule has 68 valence electrons. The van der Waals surface area contributed by atoms with Crippen LogP contribution < -0.4 is 0 Å². The van der Waals surface area contributed by atoms with Gasteiger partial charge in [-0.25, -0.2) is 0 Å². The molecule has 4 nitrogen and oxygen atoms in total. The Hall–Kier alpha value is -0.550. The summed E-state index contributed by atoms with van der Waals surface area (Å²) in [5.41, 5.74) is 0. The molecule has 1 fully saturated rings. The van der Waals surface area contributed by atoms with Crippen LogP contribution in [0.25, 0.3) is 0 Å². The Balaban J connectivity index is 2.47. The van der Waals surface area contributed by atoms with E-state index in [1.54, 1.807) is 0 Å². The molecule has 1 aliphatic rings. The largest absolute Gasteiger partial charge is 0.279 e. The van der Waals surface area contributed by atoms with Gasteiger partial charge in [0.05, 0.1) is 0 Å². The molecule has 5 heteroatoms. The second-order valence-corrected chi connectivity index (χ2v) is 3.26. The standard InChI is InChI=1S/C7H11NO3S/c9-6-4-5(2-1-3-12)7(10)8(6)11/h5,11-12H,1-4H2. The summed E-state index contributed by atoms with van der Waals surface area (Å²) in [4.78, 5) is 21.8. The predicted molar refractivity (Wildman–Crippen MR) is 44.8 cm³/mol. The maximum absolute atomic E-state index is 11.1. The molecule has 1 heterocycles. The van der Waals surface area contributed by atoms with Crippen LogP contribution in [0.4, 0.5) is 0 Å². The number of hydrogen-bond donors (Lipinski definition) is 2. The van der Waals surface area contributed by atoms with Crippen molar-refractivity contribution in [1.82, 2.24) is 5.06 Å². The van der Waals surface area contributed by atoms with Crippen molar-refractivity contribution in [3.8, 4) is 0 Å². The van der Waals surface area contributed by atoms with Gasteiger partial charge >= 0.3 is 0 Å². The van der Waals surface area contributed by atoms with E-state index >= 15 is 0 Å². The summed E-state index contributed by atoms with van der Waals surface area (Å²) in [6.45, 7) is 0. The second-order valence-electron chi connectivity index (χ2n) is 2.81. The number of thiol groups is 1. The van der Waals surface area contributed by atoms with E-state index in [0.717, 1.165) is 6.42 Å². The van der Waals surface area contributed by atoms with Gasteiger partial charge in [-0.1, -0.05) is 0 Å². The third kappa shape index (κ3) is 1.78. The molecule has 0 aliphatic carbocycles. The van der Waals surface area contributed by atoms with Gasteiger partial charge in [0.25, 0.3) is 11.8 Å². The van der Waals surface area contributed by atoms with Crippen LogP contribution in [-0.4, -0.2) is 27.8 Å². The summed E-state index contributed by atoms with van der Waals surface area (Å²) in [6.07, 6.45) is 1.56. The molecule has 1 aliphatic heterocycles. The van der Waals surface area contributed by atoms with Gasteiger partial charge in [0.1, 0.15) is 0 Å². The Morgan fingerprint density at radius 1 is 1.58 bits per heavy atom. The van der Waals surface area contributed by atoms with Crippen LogP contribution in [0.5, 0.6) is 0 Å². The number of nitrogens with zero attached hydrogens (tertiary/aromatic N) is 1. The van der Waals surface area contributed by atoms with Crippen molar-refractivity contribution >= 4 is 24.4 Å². The Morgan fingerprint density at radius 2 is 2.25 bits per heavy atom. The van der Waals surface area contributed by atoms with Gasteiger partial charge in [-0.15, -0.1) is 0 Å². The maximum atomic E-state index is 11.1. The molecule has 0 bridgehead atoms. The van der Waals surface area contributed by atoms with E-state index in [2.05, 4.69) is 12.6 Å². The normalized spacial score (nSPS) is 23.8. The minimum absolute atomic E-state index is 0.142. The summed E-state index contributed by atoms with van der Waals surface area (Å²) in [6, 6.07) is 0. The van der Waals surface area contributed by atoms with Crippen LogP contribution in [-0.2, 0) is 9.59 Å². The van der Waals surface area contributed by atoms with Crippen LogP contribution in [0.15, 0.2) is 0 Å². The number of hydrogen-bond acceptors (Lipinski definition) is 4. The van der Waals surface area contributed by atoms with Crippen molar-refractivity contribution in [2.45, 2.75) is 19.3 Å². The number of carbonyl (C=O) groups excluding carboxylic acids is 2. The molecule has 0 aromatic carbocycles. The smallest absolute Gasteiger partial charge is 0.256 e. The van der Waals surface area contributed by atoms with E-state index in [1.807, 2.05) is 0 Å². The predicted octanol–water partition coefficient (Wildman–Crippen LogP) is 0.461. The first-order chi connectivity index (χ1) is 5.66. The van der Waals surface area contributed by atoms with Crippen LogP contribution in [0.3, 0.4) is 0 Å². The van der Waals surface area contributed by atoms with Crippen molar-refractivity contribution in [2.24, 2.45) is 5.92 Å². The fourth-order valence-corrected chi connectivity index (χ4v) is 1.43. The van der Waals surface area contributed by atoms with Gasteiger partial charge < -0.3 is 0 Å². The molecule has 12 heavy (non-hydrogen) atoms. The summed E-state index contributed by atoms with van der Waals surface area (Å²) in [5, 5.41) is 9.08. The van der Waals surface area contributed by atoms with Crippen LogP contribution >= 0.6 is 12.6 Å². The van der Waals surface area contributed by atoms with E-state index in [0.29, 0.717) is 12.2 Å². The first-order valence-corrected chi connectivity index (χ1v) is 4.46. The lowest BCUT2D eigenvalue weighted by Gasteiger charge is -2.05. The van der Waals surface area contributed by atoms with Crippen LogP contribution in [0, 0.1) is 5.92 Å². The lowest BCUT2D eigenvalue weighted by atomic mass is 10.0. The second kappa shape index (κ2) is 3.91. The van der Waals surface area contributed by atoms with Gasteiger partial charge in [-0.05, 0) is 18.6 Å². The lowest BCUT2D eigenvalue weighted by Crippen LogP contribution is -2.26. The average Bonchev–Trinajstić information content (AvgIpc) is 2.30. The molecule has 1 saturated heterocycles.